The average molecular weight is 393 g/mol. The summed E-state index contributed by atoms with van der Waals surface area (Å²) in [5.74, 6) is 0.192. The van der Waals surface area contributed by atoms with Crippen LogP contribution in [0.1, 0.15) is 15.9 Å². The molecule has 4 rings (SSSR count). The Morgan fingerprint density at radius 2 is 2.08 bits per heavy atom. The van der Waals surface area contributed by atoms with Crippen LogP contribution >= 0.6 is 22.4 Å². The molecule has 2 aromatic rings. The molecule has 0 unspecified atom stereocenters. The lowest BCUT2D eigenvalue weighted by Crippen LogP contribution is -2.27. The number of methoxy groups -OCH3 is 1. The van der Waals surface area contributed by atoms with Gasteiger partial charge in [-0.25, -0.2) is 4.99 Å². The summed E-state index contributed by atoms with van der Waals surface area (Å²) >= 11 is 6.00. The van der Waals surface area contributed by atoms with Crippen LogP contribution in [-0.2, 0) is 0 Å². The van der Waals surface area contributed by atoms with Gasteiger partial charge in [-0.3, -0.25) is 13.9 Å². The number of benzene rings is 2. The second-order valence-corrected chi connectivity index (χ2v) is 7.65. The van der Waals surface area contributed by atoms with Gasteiger partial charge < -0.3 is 15.4 Å². The first-order chi connectivity index (χ1) is 12.4. The quantitative estimate of drug-likeness (QED) is 0.617. The molecule has 26 heavy (non-hydrogen) atoms. The number of anilines is 2. The molecule has 1 amide bonds. The monoisotopic (exact) mass is 392 g/mol. The lowest BCUT2D eigenvalue weighted by atomic mass is 10.1. The van der Waals surface area contributed by atoms with Crippen LogP contribution in [0.2, 0.25) is 5.02 Å². The Hall–Kier alpha value is -2.59. The van der Waals surface area contributed by atoms with Crippen LogP contribution in [0.3, 0.4) is 0 Å². The van der Waals surface area contributed by atoms with E-state index in [-0.39, 0.29) is 16.8 Å². The molecule has 2 aromatic carbocycles. The van der Waals surface area contributed by atoms with E-state index in [1.54, 1.807) is 24.3 Å². The van der Waals surface area contributed by atoms with E-state index in [1.165, 1.54) is 19.4 Å². The Morgan fingerprint density at radius 3 is 2.85 bits per heavy atom. The number of guanidine groups is 1. The van der Waals surface area contributed by atoms with E-state index in [9.17, 15) is 13.9 Å². The molecule has 0 aromatic heterocycles. The smallest absolute Gasteiger partial charge is 0.277 e. The van der Waals surface area contributed by atoms with E-state index in [1.807, 2.05) is 0 Å². The molecule has 2 aliphatic rings. The van der Waals surface area contributed by atoms with Crippen LogP contribution in [0.25, 0.3) is 0 Å². The molecule has 0 saturated heterocycles. The van der Waals surface area contributed by atoms with Gasteiger partial charge in [0.15, 0.2) is 0 Å². The summed E-state index contributed by atoms with van der Waals surface area (Å²) in [6.07, 6.45) is 1.48. The number of amides is 1. The topological polar surface area (TPSA) is 116 Å². The summed E-state index contributed by atoms with van der Waals surface area (Å²) in [6.45, 7) is 0. The van der Waals surface area contributed by atoms with Crippen LogP contribution in [0.5, 0.6) is 5.75 Å². The number of nitrogens with zero attached hydrogens (tertiary/aromatic N) is 2. The van der Waals surface area contributed by atoms with Gasteiger partial charge in [-0.2, -0.15) is 0 Å². The number of nitrogens with one attached hydrogen (secondary N) is 2. The number of rotatable bonds is 2. The summed E-state index contributed by atoms with van der Waals surface area (Å²) in [4.78, 5) is 15.4. The zero-order valence-corrected chi connectivity index (χ0v) is 14.9. The third kappa shape index (κ3) is 2.80. The second kappa shape index (κ2) is 5.99. The predicted octanol–water partition coefficient (Wildman–Crippen LogP) is 3.84. The highest BCUT2D eigenvalue weighted by Gasteiger charge is 2.29. The number of fused-ring (bicyclic) bond motifs is 2. The average Bonchev–Trinajstić information content (AvgIpc) is 2.95. The molecule has 0 atom stereocenters. The van der Waals surface area contributed by atoms with Gasteiger partial charge >= 0.3 is 0 Å². The number of hydrogen-bond donors (Lipinski definition) is 4. The second-order valence-electron chi connectivity index (χ2n) is 5.56. The Bertz CT molecular complexity index is 1010. The number of carbonyl (C=O) groups is 1. The molecule has 2 aliphatic heterocycles. The van der Waals surface area contributed by atoms with E-state index in [2.05, 4.69) is 20.0 Å². The van der Waals surface area contributed by atoms with E-state index >= 15 is 0 Å². The third-order valence-electron chi connectivity index (χ3n) is 3.87. The molecule has 2 heterocycles. The Balaban J connectivity index is 1.69. The lowest BCUT2D eigenvalue weighted by molar-refractivity contribution is 0.101. The first-order valence-electron chi connectivity index (χ1n) is 7.39. The molecule has 0 radical (unpaired) electrons. The van der Waals surface area contributed by atoms with Crippen LogP contribution < -0.4 is 15.4 Å². The summed E-state index contributed by atoms with van der Waals surface area (Å²) in [5, 5.41) is 6.25. The fourth-order valence-corrected chi connectivity index (χ4v) is 4.13. The van der Waals surface area contributed by atoms with E-state index in [4.69, 9.17) is 16.3 Å². The number of hydrogen-bond acceptors (Lipinski definition) is 7. The number of halogens is 1. The highest BCUT2D eigenvalue weighted by atomic mass is 35.5. The van der Waals surface area contributed by atoms with E-state index in [0.717, 1.165) is 0 Å². The van der Waals surface area contributed by atoms with Crippen molar-refractivity contribution >= 4 is 51.8 Å². The van der Waals surface area contributed by atoms with Crippen LogP contribution in [-0.4, -0.2) is 34.3 Å². The highest BCUT2D eigenvalue weighted by Crippen LogP contribution is 2.57. The molecule has 8 nitrogen and oxygen atoms in total. The largest absolute Gasteiger partial charge is 0.494 e. The summed E-state index contributed by atoms with van der Waals surface area (Å²) < 4.78 is 30.0. The van der Waals surface area contributed by atoms with Crippen molar-refractivity contribution in [1.82, 2.24) is 0 Å². The third-order valence-corrected chi connectivity index (χ3v) is 5.44. The van der Waals surface area contributed by atoms with Gasteiger partial charge in [0.05, 0.1) is 12.7 Å². The molecule has 0 saturated carbocycles. The standard InChI is InChI=1S/C16H13ClN4O4S/c1-25-12-5-9(17)6-13-14(12)20-16(21-26(13,23)24)19-10-2-3-11-8(4-10)7-18-15(11)22/h2-7,23-24H,1H3,(H2,19,20,21). The van der Waals surface area contributed by atoms with Gasteiger partial charge in [0, 0.05) is 28.6 Å². The van der Waals surface area contributed by atoms with Crippen molar-refractivity contribution in [2.75, 3.05) is 17.7 Å². The molecule has 0 aliphatic carbocycles. The van der Waals surface area contributed by atoms with Crippen LogP contribution in [0.4, 0.5) is 11.4 Å². The Labute approximate surface area is 155 Å². The fourth-order valence-electron chi connectivity index (χ4n) is 2.71. The molecular weight excluding hydrogens is 380 g/mol. The van der Waals surface area contributed by atoms with Gasteiger partial charge in [0.2, 0.25) is 5.96 Å². The van der Waals surface area contributed by atoms with Crippen LogP contribution in [0, 0.1) is 0 Å². The fraction of sp³-hybridized carbons (Fsp3) is 0.0625. The van der Waals surface area contributed by atoms with Gasteiger partial charge in [0.25, 0.3) is 5.91 Å². The maximum atomic E-state index is 11.5. The SMILES string of the molecule is COc1cc(Cl)cc2c1NC(Nc1ccc3c(c1)C=NC3=O)=NS2(O)O. The minimum atomic E-state index is -3.47. The van der Waals surface area contributed by atoms with Crippen molar-refractivity contribution in [3.63, 3.8) is 0 Å². The van der Waals surface area contributed by atoms with Gasteiger partial charge in [-0.15, -0.1) is 4.40 Å². The summed E-state index contributed by atoms with van der Waals surface area (Å²) in [6, 6.07) is 8.02. The number of ether oxygens (including phenoxy) is 1. The van der Waals surface area contributed by atoms with Crippen molar-refractivity contribution in [3.05, 3.63) is 46.5 Å². The van der Waals surface area contributed by atoms with Crippen molar-refractivity contribution in [3.8, 4) is 5.75 Å². The van der Waals surface area contributed by atoms with E-state index < -0.39 is 10.8 Å². The lowest BCUT2D eigenvalue weighted by Gasteiger charge is -2.34. The zero-order chi connectivity index (χ0) is 18.5. The predicted molar refractivity (Wildman–Crippen MR) is 102 cm³/mol. The van der Waals surface area contributed by atoms with Crippen molar-refractivity contribution in [2.45, 2.75) is 4.90 Å². The van der Waals surface area contributed by atoms with Crippen molar-refractivity contribution in [2.24, 2.45) is 9.39 Å². The summed E-state index contributed by atoms with van der Waals surface area (Å²) in [7, 11) is -2.02. The van der Waals surface area contributed by atoms with Crippen LogP contribution in [0.15, 0.2) is 44.6 Å². The van der Waals surface area contributed by atoms with Gasteiger partial charge in [0.1, 0.15) is 16.3 Å². The summed E-state index contributed by atoms with van der Waals surface area (Å²) in [5.41, 5.74) is 2.16. The minimum Gasteiger partial charge on any atom is -0.494 e. The maximum Gasteiger partial charge on any atom is 0.277 e. The molecule has 0 bridgehead atoms. The van der Waals surface area contributed by atoms with Gasteiger partial charge in [-0.1, -0.05) is 22.4 Å². The van der Waals surface area contributed by atoms with Gasteiger partial charge in [-0.05, 0) is 24.3 Å². The molecule has 0 spiro atoms. The molecule has 10 heteroatoms. The molecule has 134 valence electrons. The molecule has 4 N–H and O–H groups in total. The normalized spacial score (nSPS) is 17.7. The molecular formula is C16H13ClN4O4S. The first kappa shape index (κ1) is 16.9. The Morgan fingerprint density at radius 1 is 1.27 bits per heavy atom. The molecule has 0 fully saturated rings. The van der Waals surface area contributed by atoms with Crippen molar-refractivity contribution < 1.29 is 18.6 Å². The first-order valence-corrected chi connectivity index (χ1v) is 9.28. The maximum absolute atomic E-state index is 11.5. The minimum absolute atomic E-state index is 0.124. The number of carbonyl (C=O) groups excluding carboxylic acids is 1. The van der Waals surface area contributed by atoms with Crippen molar-refractivity contribution in [1.29, 1.82) is 0 Å². The van der Waals surface area contributed by atoms with E-state index in [0.29, 0.717) is 33.3 Å². The highest BCUT2D eigenvalue weighted by molar-refractivity contribution is 8.23. The zero-order valence-electron chi connectivity index (χ0n) is 13.4. The Kier molecular flexibility index (Phi) is 3.88. The number of aliphatic imine (C=N–C) groups is 1.